The van der Waals surface area contributed by atoms with E-state index in [0.717, 1.165) is 0 Å². The Hall–Kier alpha value is -12.1. The number of nitrogens with two attached hydrogens (primary N) is 6. The van der Waals surface area contributed by atoms with Crippen molar-refractivity contribution in [1.29, 1.82) is 21.6 Å². The number of primary amides is 1. The fourth-order valence-corrected chi connectivity index (χ4v) is 11.7. The highest BCUT2D eigenvalue weighted by Crippen LogP contribution is 2.15. The maximum Gasteiger partial charge on any atom is 0.305 e. The summed E-state index contributed by atoms with van der Waals surface area (Å²) in [5, 5.41) is 82.4. The molecule has 2 aromatic carbocycles. The molecular formula is C72H117N27O17S2. The Morgan fingerprint density at radius 3 is 1.22 bits per heavy atom. The highest BCUT2D eigenvalue weighted by molar-refractivity contribution is 7.80. The first-order valence-electron chi connectivity index (χ1n) is 38.0. The van der Waals surface area contributed by atoms with Crippen LogP contribution in [0.3, 0.4) is 0 Å². The van der Waals surface area contributed by atoms with Crippen LogP contribution in [0.1, 0.15) is 116 Å². The number of carboxylic acids is 1. The van der Waals surface area contributed by atoms with Gasteiger partial charge in [0.15, 0.2) is 23.8 Å². The van der Waals surface area contributed by atoms with Gasteiger partial charge in [0.2, 0.25) is 82.6 Å². The predicted octanol–water partition coefficient (Wildman–Crippen LogP) is -8.08. The first-order valence-corrected chi connectivity index (χ1v) is 39.3. The third-order valence-corrected chi connectivity index (χ3v) is 18.4. The van der Waals surface area contributed by atoms with Gasteiger partial charge in [-0.05, 0) is 87.7 Å². The fraction of sp³-hybridized carbons (Fsp3) is 0.556. The molecule has 2 aromatic rings. The molecule has 118 heavy (non-hydrogen) atoms. The number of nitrogens with one attached hydrogen (secondary N) is 21. The highest BCUT2D eigenvalue weighted by Gasteiger charge is 2.38. The van der Waals surface area contributed by atoms with Crippen LogP contribution in [0, 0.1) is 33.5 Å². The van der Waals surface area contributed by atoms with Crippen LogP contribution in [-0.4, -0.2) is 247 Å². The van der Waals surface area contributed by atoms with Crippen LogP contribution in [0.2, 0.25) is 0 Å². The molecule has 2 rings (SSSR count). The predicted molar refractivity (Wildman–Crippen MR) is 441 cm³/mol. The first kappa shape index (κ1) is 102. The Morgan fingerprint density at radius 2 is 0.754 bits per heavy atom. The molecule has 14 amide bonds. The monoisotopic (exact) mass is 1700 g/mol. The second-order valence-corrected chi connectivity index (χ2v) is 28.7. The van der Waals surface area contributed by atoms with Crippen LogP contribution in [-0.2, 0) is 89.6 Å². The molecule has 0 radical (unpaired) electrons. The summed E-state index contributed by atoms with van der Waals surface area (Å²) < 4.78 is 0. The number of Topliss-reactive ketones (excluding diaryl/α,β-unsaturated/α-hetero) is 1. The second kappa shape index (κ2) is 54.7. The summed E-state index contributed by atoms with van der Waals surface area (Å²) in [7, 11) is 0. The average molecular weight is 1700 g/mol. The van der Waals surface area contributed by atoms with Crippen LogP contribution in [0.5, 0.6) is 0 Å². The van der Waals surface area contributed by atoms with Gasteiger partial charge in [-0.25, -0.2) is 0 Å². The number of ketones is 1. The van der Waals surface area contributed by atoms with E-state index in [4.69, 9.17) is 56.0 Å². The van der Waals surface area contributed by atoms with Crippen LogP contribution in [0.25, 0.3) is 0 Å². The van der Waals surface area contributed by atoms with E-state index >= 15 is 0 Å². The molecule has 0 bridgehead atoms. The van der Waals surface area contributed by atoms with Gasteiger partial charge in [-0.3, -0.25) is 98.3 Å². The molecule has 654 valence electrons. The fourth-order valence-electron chi connectivity index (χ4n) is 11.1. The third kappa shape index (κ3) is 41.0. The quantitative estimate of drug-likeness (QED) is 0.00961. The number of hydrogen-bond acceptors (Lipinski definition) is 23. The molecule has 0 aliphatic heterocycles. The SMILES string of the molecule is CC[C@H](C)[C@H](NC(=O)[C@H](CCCNC(=N)N)NC(=O)[C@H](CC(=O)O)NC(=O)[C@@H](CC(C)C)NC(=O)[C@H](CCCNC(=N)N)NC(=O)CNC(=O)CNC(=O)[C@H](Cc1ccccc1)NC(=O)[C@@H](C)NC(=O)[C@H](CS)NC(=O)[C@@H](N)CCCNC(=N)N)C(=O)N[C@@H](CS)C(=O)N[C@@H](Cc1ccccc1)C(=O)N[C@@H](CCCNC(=N)N)C(=O)C(N)=O. The lowest BCUT2D eigenvalue weighted by atomic mass is 9.97. The van der Waals surface area contributed by atoms with E-state index in [2.05, 4.69) is 116 Å². The van der Waals surface area contributed by atoms with E-state index in [-0.39, 0.29) is 114 Å². The second-order valence-electron chi connectivity index (χ2n) is 27.9. The number of rotatable bonds is 56. The molecule has 46 heteroatoms. The van der Waals surface area contributed by atoms with Gasteiger partial charge >= 0.3 is 5.97 Å². The minimum absolute atomic E-state index is 0.00330. The van der Waals surface area contributed by atoms with Crippen molar-refractivity contribution in [3.05, 3.63) is 71.8 Å². The van der Waals surface area contributed by atoms with Crippen molar-refractivity contribution in [3.63, 3.8) is 0 Å². The number of amides is 14. The number of carbonyl (C=O) groups is 16. The average Bonchev–Trinajstić information content (AvgIpc) is 0.853. The number of guanidine groups is 4. The van der Waals surface area contributed by atoms with Crippen LogP contribution in [0.4, 0.5) is 0 Å². The largest absolute Gasteiger partial charge is 0.481 e. The zero-order valence-corrected chi connectivity index (χ0v) is 68.3. The van der Waals surface area contributed by atoms with Gasteiger partial charge < -0.3 is 130 Å². The number of hydrogen-bond donors (Lipinski definition) is 30. The lowest BCUT2D eigenvalue weighted by Gasteiger charge is -2.29. The van der Waals surface area contributed by atoms with Crippen molar-refractivity contribution in [1.82, 2.24) is 90.4 Å². The maximum absolute atomic E-state index is 14.6. The number of carboxylic acid groups (broad SMARTS) is 1. The van der Waals surface area contributed by atoms with Crippen molar-refractivity contribution in [2.75, 3.05) is 50.8 Å². The molecule has 0 saturated carbocycles. The van der Waals surface area contributed by atoms with Crippen molar-refractivity contribution in [2.24, 2.45) is 46.2 Å². The molecule has 44 nitrogen and oxygen atoms in total. The lowest BCUT2D eigenvalue weighted by Crippen LogP contribution is -2.61. The van der Waals surface area contributed by atoms with Crippen molar-refractivity contribution < 1.29 is 81.8 Å². The Labute approximate surface area is 693 Å². The summed E-state index contributed by atoms with van der Waals surface area (Å²) in [4.78, 5) is 218. The van der Waals surface area contributed by atoms with E-state index in [1.165, 1.54) is 6.92 Å². The van der Waals surface area contributed by atoms with Crippen LogP contribution >= 0.6 is 25.3 Å². The zero-order valence-electron chi connectivity index (χ0n) is 66.5. The number of benzene rings is 2. The molecular weight excluding hydrogens is 1580 g/mol. The zero-order chi connectivity index (χ0) is 88.7. The molecule has 0 heterocycles. The van der Waals surface area contributed by atoms with E-state index in [1.54, 1.807) is 88.4 Å². The topological polar surface area (TPSA) is 749 Å². The Balaban J connectivity index is 2.39. The van der Waals surface area contributed by atoms with Gasteiger partial charge in [-0.2, -0.15) is 25.3 Å². The molecule has 0 aromatic heterocycles. The van der Waals surface area contributed by atoms with E-state index in [1.807, 2.05) is 0 Å². The Bertz CT molecular complexity index is 3780. The van der Waals surface area contributed by atoms with Gasteiger partial charge in [-0.15, -0.1) is 0 Å². The van der Waals surface area contributed by atoms with Gasteiger partial charge in [0.05, 0.1) is 31.6 Å². The maximum atomic E-state index is 14.6. The summed E-state index contributed by atoms with van der Waals surface area (Å²) in [6.45, 7) is 6.61. The Kier molecular flexibility index (Phi) is 47.3. The van der Waals surface area contributed by atoms with Gasteiger partial charge in [0.25, 0.3) is 5.91 Å². The number of carbonyl (C=O) groups excluding carboxylic acids is 15. The van der Waals surface area contributed by atoms with E-state index < -0.39 is 216 Å². The lowest BCUT2D eigenvalue weighted by molar-refractivity contribution is -0.142. The number of thiol groups is 2. The molecule has 13 atom stereocenters. The summed E-state index contributed by atoms with van der Waals surface area (Å²) >= 11 is 8.47. The molecule has 0 unspecified atom stereocenters. The minimum atomic E-state index is -1.99. The normalized spacial score (nSPS) is 14.1. The van der Waals surface area contributed by atoms with Gasteiger partial charge in [-0.1, -0.05) is 94.8 Å². The summed E-state index contributed by atoms with van der Waals surface area (Å²) in [6, 6.07) is -0.926. The van der Waals surface area contributed by atoms with Gasteiger partial charge in [0.1, 0.15) is 60.4 Å². The molecule has 0 fully saturated rings. The first-order chi connectivity index (χ1) is 55.7. The van der Waals surface area contributed by atoms with Gasteiger partial charge in [0, 0.05) is 50.5 Å². The summed E-state index contributed by atoms with van der Waals surface area (Å²) in [5.41, 5.74) is 34.0. The Morgan fingerprint density at radius 1 is 0.390 bits per heavy atom. The van der Waals surface area contributed by atoms with E-state index in [0.29, 0.717) is 17.5 Å². The number of aliphatic carboxylic acids is 1. The minimum Gasteiger partial charge on any atom is -0.481 e. The van der Waals surface area contributed by atoms with Crippen molar-refractivity contribution in [3.8, 4) is 0 Å². The summed E-state index contributed by atoms with van der Waals surface area (Å²) in [5.74, 6) is -19.8. The van der Waals surface area contributed by atoms with Crippen LogP contribution in [0.15, 0.2) is 60.7 Å². The molecule has 0 saturated heterocycles. The molecule has 0 aliphatic carbocycles. The van der Waals surface area contributed by atoms with E-state index in [9.17, 15) is 81.8 Å². The van der Waals surface area contributed by atoms with Crippen molar-refractivity contribution in [2.45, 2.75) is 191 Å². The summed E-state index contributed by atoms with van der Waals surface area (Å²) in [6.07, 6.45) is -1.30. The third-order valence-electron chi connectivity index (χ3n) is 17.7. The van der Waals surface area contributed by atoms with Crippen LogP contribution < -0.4 is 125 Å². The van der Waals surface area contributed by atoms with Crippen molar-refractivity contribution >= 4 is 144 Å². The standard InChI is InChI=1S/C72H117N27O17S2/c1-6-38(4)55(68(116)98-51(36-118)67(115)95-48(31-41-19-11-8-12-20-41)64(112)91-43(56(104)57(74)105)22-14-26-84-70(77)78)99-62(110)45(24-16-28-86-72(81)82)92-65(113)49(32-54(102)103)96-63(111)46(29-37(2)3)94-61(109)44(23-15-27-85-71(79)80)90-53(101)34-87-52(100)33-88-60(108)47(30-40-17-9-7-10-18-40)93-58(106)39(5)89-66(114)50(35-117)97-59(107)42(73)21-13-25-83-69(75)76/h7-12,17-20,37-39,42-51,55,117-118H,6,13-16,21-36,73H2,1-5H3,(H2,74,105)(H,87,100)(H,88,108)(H,89,114)(H,90,101)(H,91,112)(H,92,113)(H,93,106)(H,94,109)(H,95,115)(H,96,111)(H,97,107)(H,98,116)(H,99,110)(H,102,103)(H4,75,76,83)(H4,77,78,84)(H4,79,80,85)(H4,81,82,86)/t38-,39+,42-,43-,44-,45-,46+,47-,48-,49-,50-,51-,55-/m0/s1. The smallest absolute Gasteiger partial charge is 0.305 e. The molecule has 0 aliphatic rings. The highest BCUT2D eigenvalue weighted by atomic mass is 32.1. The molecule has 0 spiro atoms. The molecule has 34 N–H and O–H groups in total.